The summed E-state index contributed by atoms with van der Waals surface area (Å²) in [6.45, 7) is 10.1. The number of nitrogens with one attached hydrogen (secondary N) is 1. The zero-order valence-electron chi connectivity index (χ0n) is 11.1. The van der Waals surface area contributed by atoms with Gasteiger partial charge in [0.05, 0.1) is 0 Å². The van der Waals surface area contributed by atoms with Crippen molar-refractivity contribution in [3.8, 4) is 0 Å². The van der Waals surface area contributed by atoms with Gasteiger partial charge in [-0.2, -0.15) is 0 Å². The van der Waals surface area contributed by atoms with Gasteiger partial charge < -0.3 is 35.1 Å². The molecule has 0 aliphatic carbocycles. The Morgan fingerprint density at radius 1 is 1.17 bits per heavy atom. The summed E-state index contributed by atoms with van der Waals surface area (Å²) in [5.41, 5.74) is 0.714. The second-order valence-electron chi connectivity index (χ2n) is 3.54. The maximum absolute atomic E-state index is 12.3. The fourth-order valence-corrected chi connectivity index (χ4v) is 1.56. The monoisotopic (exact) mass is 287 g/mol. The number of nitrogens with zero attached hydrogens (tertiary/aromatic N) is 1. The molecule has 0 aliphatic rings. The van der Waals surface area contributed by atoms with Crippen molar-refractivity contribution in [3.63, 3.8) is 0 Å². The Hall–Kier alpha value is -0.780. The number of thiocarbonyl (C=S) groups is 1. The lowest BCUT2D eigenvalue weighted by Crippen LogP contribution is -2.21. The Balaban J connectivity index is 0.000000360. The van der Waals surface area contributed by atoms with Crippen molar-refractivity contribution in [1.82, 2.24) is 4.90 Å². The molecule has 0 aliphatic heterocycles. The van der Waals surface area contributed by atoms with Crippen LogP contribution in [-0.4, -0.2) is 28.9 Å². The van der Waals surface area contributed by atoms with Crippen molar-refractivity contribution >= 4 is 34.9 Å². The molecule has 0 aromatic heterocycles. The van der Waals surface area contributed by atoms with Gasteiger partial charge >= 0.3 is 0 Å². The zero-order valence-corrected chi connectivity index (χ0v) is 12.7. The van der Waals surface area contributed by atoms with Crippen LogP contribution in [0.4, 0.5) is 10.1 Å². The van der Waals surface area contributed by atoms with Gasteiger partial charge in [-0.25, -0.2) is 4.39 Å². The summed E-state index contributed by atoms with van der Waals surface area (Å²) in [6, 6.07) is 5.84. The molecule has 5 heteroatoms. The van der Waals surface area contributed by atoms with Gasteiger partial charge in [0.2, 0.25) is 0 Å². The average molecular weight is 287 g/mol. The largest absolute Gasteiger partial charge is 0.411 e. The Labute approximate surface area is 120 Å². The van der Waals surface area contributed by atoms with Gasteiger partial charge in [0.25, 0.3) is 0 Å². The fraction of sp³-hybridized carbons (Fsp3) is 0.462. The number of hydrogen-bond donors (Lipinski definition) is 1. The molecule has 1 aromatic rings. The molecule has 0 unspecified atom stereocenters. The molecule has 0 heterocycles. The highest BCUT2D eigenvalue weighted by Crippen LogP contribution is 2.07. The summed E-state index contributed by atoms with van der Waals surface area (Å²) in [5.74, 6) is -0.272. The fourth-order valence-electron chi connectivity index (χ4n) is 1.32. The maximum Gasteiger partial charge on any atom is 0.123 e. The summed E-state index contributed by atoms with van der Waals surface area (Å²) >= 11 is 9.24. The highest BCUT2D eigenvalue weighted by atomic mass is 32.1. The first kappa shape index (κ1) is 17.2. The van der Waals surface area contributed by atoms with E-state index in [4.69, 9.17) is 0 Å². The van der Waals surface area contributed by atoms with E-state index < -0.39 is 0 Å². The molecular formula is C13H20FN2S2-. The van der Waals surface area contributed by atoms with Crippen molar-refractivity contribution in [2.24, 2.45) is 0 Å². The topological polar surface area (TPSA) is 15.3 Å². The van der Waals surface area contributed by atoms with Crippen LogP contribution < -0.4 is 5.32 Å². The van der Waals surface area contributed by atoms with Crippen molar-refractivity contribution in [2.75, 3.05) is 25.0 Å². The van der Waals surface area contributed by atoms with Crippen LogP contribution in [0, 0.1) is 5.82 Å². The minimum Gasteiger partial charge on any atom is -0.411 e. The smallest absolute Gasteiger partial charge is 0.123 e. The first-order valence-electron chi connectivity index (χ1n) is 5.99. The third-order valence-electron chi connectivity index (χ3n) is 2.43. The minimum atomic E-state index is -0.272. The highest BCUT2D eigenvalue weighted by Gasteiger charge is 1.89. The van der Waals surface area contributed by atoms with E-state index in [1.165, 1.54) is 31.8 Å². The average Bonchev–Trinajstić information content (AvgIpc) is 2.35. The van der Waals surface area contributed by atoms with E-state index in [2.05, 4.69) is 55.8 Å². The van der Waals surface area contributed by atoms with Crippen LogP contribution in [0.25, 0.3) is 0 Å². The van der Waals surface area contributed by atoms with Crippen LogP contribution in [-0.2, 0) is 12.6 Å². The lowest BCUT2D eigenvalue weighted by Gasteiger charge is -2.13. The van der Waals surface area contributed by atoms with E-state index in [1.54, 1.807) is 12.1 Å². The van der Waals surface area contributed by atoms with Crippen molar-refractivity contribution in [3.05, 3.63) is 30.1 Å². The van der Waals surface area contributed by atoms with Crippen LogP contribution in [0.2, 0.25) is 0 Å². The van der Waals surface area contributed by atoms with Crippen LogP contribution in [0.15, 0.2) is 24.3 Å². The van der Waals surface area contributed by atoms with E-state index in [9.17, 15) is 4.39 Å². The number of anilines is 1. The summed E-state index contributed by atoms with van der Waals surface area (Å²) in [6.07, 6.45) is 0. The SMILES string of the molecule is CCN(CC)CC.Fc1ccc(NC(=S)[S-])cc1. The third-order valence-corrected chi connectivity index (χ3v) is 2.64. The van der Waals surface area contributed by atoms with Gasteiger partial charge in [-0.15, -0.1) is 0 Å². The van der Waals surface area contributed by atoms with Gasteiger partial charge in [0, 0.05) is 5.69 Å². The Morgan fingerprint density at radius 3 is 1.89 bits per heavy atom. The first-order chi connectivity index (χ1) is 8.53. The normalized spacial score (nSPS) is 9.61. The molecule has 0 saturated carbocycles. The van der Waals surface area contributed by atoms with E-state index in [1.807, 2.05) is 0 Å². The van der Waals surface area contributed by atoms with E-state index in [0.717, 1.165) is 0 Å². The molecule has 0 spiro atoms. The number of benzene rings is 1. The van der Waals surface area contributed by atoms with E-state index in [0.29, 0.717) is 5.69 Å². The van der Waals surface area contributed by atoms with E-state index >= 15 is 0 Å². The number of hydrogen-bond acceptors (Lipinski definition) is 3. The first-order valence-corrected chi connectivity index (χ1v) is 6.81. The summed E-state index contributed by atoms with van der Waals surface area (Å²) < 4.78 is 12.6. The van der Waals surface area contributed by atoms with E-state index in [-0.39, 0.29) is 10.1 Å². The Kier molecular flexibility index (Phi) is 9.73. The molecule has 0 bridgehead atoms. The maximum atomic E-state index is 12.3. The zero-order chi connectivity index (χ0) is 14.0. The molecule has 0 amide bonds. The lowest BCUT2D eigenvalue weighted by atomic mass is 10.3. The molecular weight excluding hydrogens is 267 g/mol. The van der Waals surface area contributed by atoms with Crippen LogP contribution in [0.1, 0.15) is 20.8 Å². The second kappa shape index (κ2) is 10.2. The third kappa shape index (κ3) is 8.33. The van der Waals surface area contributed by atoms with Gasteiger partial charge in [-0.05, 0) is 43.9 Å². The second-order valence-corrected chi connectivity index (χ2v) is 4.61. The van der Waals surface area contributed by atoms with Crippen LogP contribution in [0.3, 0.4) is 0 Å². The van der Waals surface area contributed by atoms with Crippen molar-refractivity contribution in [2.45, 2.75) is 20.8 Å². The van der Waals surface area contributed by atoms with Crippen LogP contribution in [0.5, 0.6) is 0 Å². The quantitative estimate of drug-likeness (QED) is 0.674. The van der Waals surface area contributed by atoms with Crippen molar-refractivity contribution < 1.29 is 4.39 Å². The summed E-state index contributed by atoms with van der Waals surface area (Å²) in [4.78, 5) is 2.38. The summed E-state index contributed by atoms with van der Waals surface area (Å²) in [7, 11) is 0. The highest BCUT2D eigenvalue weighted by molar-refractivity contribution is 8.00. The molecule has 0 radical (unpaired) electrons. The molecule has 1 rings (SSSR count). The predicted molar refractivity (Wildman–Crippen MR) is 83.4 cm³/mol. The summed E-state index contributed by atoms with van der Waals surface area (Å²) in [5, 5.41) is 2.71. The Bertz CT molecular complexity index is 332. The van der Waals surface area contributed by atoms with Crippen LogP contribution >= 0.6 is 12.2 Å². The van der Waals surface area contributed by atoms with Gasteiger partial charge in [-0.3, -0.25) is 0 Å². The molecule has 0 fully saturated rings. The molecule has 1 aromatic carbocycles. The molecule has 0 atom stereocenters. The standard InChI is InChI=1S/C7H6FNS2.C6H15N/c8-5-1-3-6(4-2-5)9-7(10)11;1-4-7(5-2)6-3/h1-4H,(H2,9,10,11);4-6H2,1-3H3/p-1. The lowest BCUT2D eigenvalue weighted by molar-refractivity contribution is 0.321. The number of rotatable bonds is 4. The van der Waals surface area contributed by atoms with Gasteiger partial charge in [-0.1, -0.05) is 25.1 Å². The number of halogens is 1. The molecule has 102 valence electrons. The van der Waals surface area contributed by atoms with Gasteiger partial charge in [0.15, 0.2) is 0 Å². The molecule has 1 N–H and O–H groups in total. The molecule has 0 saturated heterocycles. The predicted octanol–water partition coefficient (Wildman–Crippen LogP) is 3.42. The molecule has 2 nitrogen and oxygen atoms in total. The Morgan fingerprint density at radius 2 is 1.61 bits per heavy atom. The van der Waals surface area contributed by atoms with Gasteiger partial charge in [0.1, 0.15) is 5.82 Å². The molecule has 18 heavy (non-hydrogen) atoms. The van der Waals surface area contributed by atoms with Crippen molar-refractivity contribution in [1.29, 1.82) is 0 Å². The minimum absolute atomic E-state index is 0.261.